The number of sulfonamides is 1. The lowest BCUT2D eigenvalue weighted by atomic mass is 9.84. The molecule has 1 heterocycles. The Morgan fingerprint density at radius 3 is 1.93 bits per heavy atom. The zero-order valence-electron chi connectivity index (χ0n) is 25.1. The van der Waals surface area contributed by atoms with E-state index in [1.54, 1.807) is 43.5 Å². The molecule has 13 nitrogen and oxygen atoms in total. The van der Waals surface area contributed by atoms with Gasteiger partial charge in [0.25, 0.3) is 5.56 Å². The molecular weight excluding hydrogens is 568 g/mol. The maximum Gasteiger partial charge on any atom is 0.332 e. The summed E-state index contributed by atoms with van der Waals surface area (Å²) in [5, 5.41) is 3.11. The van der Waals surface area contributed by atoms with Crippen LogP contribution in [0.25, 0.3) is 17.8 Å². The molecule has 0 bridgehead atoms. The van der Waals surface area contributed by atoms with E-state index in [1.807, 2.05) is 32.9 Å². The Hall–Kier alpha value is -3.79. The van der Waals surface area contributed by atoms with Crippen LogP contribution in [0.1, 0.15) is 51.3 Å². The van der Waals surface area contributed by atoms with Gasteiger partial charge < -0.3 is 36.9 Å². The van der Waals surface area contributed by atoms with E-state index in [1.165, 1.54) is 12.3 Å². The number of nitrogens with zero attached hydrogens (tertiary/aromatic N) is 1. The number of rotatable bonds is 8. The predicted octanol–water partition coefficient (Wildman–Crippen LogP) is 0.691. The van der Waals surface area contributed by atoms with E-state index < -0.39 is 21.3 Å². The van der Waals surface area contributed by atoms with Crippen LogP contribution in [0.5, 0.6) is 5.75 Å². The van der Waals surface area contributed by atoms with Gasteiger partial charge in [0.2, 0.25) is 10.0 Å². The minimum absolute atomic E-state index is 0. The van der Waals surface area contributed by atoms with Crippen LogP contribution in [0.4, 0.5) is 5.69 Å². The fourth-order valence-electron chi connectivity index (χ4n) is 3.65. The molecule has 1 aromatic heterocycles. The van der Waals surface area contributed by atoms with Crippen molar-refractivity contribution in [3.63, 3.8) is 0 Å². The molecule has 238 valence electrons. The van der Waals surface area contributed by atoms with Crippen molar-refractivity contribution >= 4 is 27.9 Å². The number of anilines is 1. The quantitative estimate of drug-likeness (QED) is 0.308. The Bertz CT molecular complexity index is 1440. The average Bonchev–Trinajstić information content (AvgIpc) is 2.82. The fourth-order valence-corrected chi connectivity index (χ4v) is 4.22. The van der Waals surface area contributed by atoms with Crippen molar-refractivity contribution in [3.05, 3.63) is 86.2 Å². The summed E-state index contributed by atoms with van der Waals surface area (Å²) in [6, 6.07) is 11.7. The minimum atomic E-state index is -3.35. The number of ether oxygens (including phenoxy) is 1. The van der Waals surface area contributed by atoms with Gasteiger partial charge in [0.15, 0.2) is 0 Å². The van der Waals surface area contributed by atoms with E-state index in [2.05, 4.69) is 28.9 Å². The second-order valence-electron chi connectivity index (χ2n) is 9.61. The van der Waals surface area contributed by atoms with E-state index in [0.717, 1.165) is 35.0 Å². The summed E-state index contributed by atoms with van der Waals surface area (Å²) < 4.78 is 32.0. The number of aromatic nitrogens is 2. The molecule has 0 fully saturated rings. The second-order valence-corrected chi connectivity index (χ2v) is 11.4. The smallest absolute Gasteiger partial charge is 0.332 e. The first kappa shape index (κ1) is 42.7. The summed E-state index contributed by atoms with van der Waals surface area (Å²) in [7, 11) is -1.77. The zero-order valence-corrected chi connectivity index (χ0v) is 25.9. The lowest BCUT2D eigenvalue weighted by Crippen LogP contribution is -2.32. The van der Waals surface area contributed by atoms with Crippen molar-refractivity contribution in [3.8, 4) is 11.4 Å². The van der Waals surface area contributed by atoms with Crippen molar-refractivity contribution in [2.45, 2.75) is 40.0 Å². The largest absolute Gasteiger partial charge is 0.496 e. The predicted molar refractivity (Wildman–Crippen MR) is 170 cm³/mol. The van der Waals surface area contributed by atoms with Crippen LogP contribution in [0, 0.1) is 0 Å². The van der Waals surface area contributed by atoms with Crippen LogP contribution in [-0.4, -0.2) is 66.3 Å². The molecule has 11 N–H and O–H groups in total. The van der Waals surface area contributed by atoms with Crippen molar-refractivity contribution in [2.24, 2.45) is 0 Å². The number of nitrogens with one attached hydrogen (secondary N) is 3. The van der Waals surface area contributed by atoms with E-state index in [0.29, 0.717) is 22.7 Å². The lowest BCUT2D eigenvalue weighted by molar-refractivity contribution is 0.396. The van der Waals surface area contributed by atoms with Crippen LogP contribution >= 0.6 is 0 Å². The zero-order chi connectivity index (χ0) is 28.5. The van der Waals surface area contributed by atoms with Crippen LogP contribution < -0.4 is 26.0 Å². The van der Waals surface area contributed by atoms with Gasteiger partial charge in [-0.15, -0.1) is 0 Å². The van der Waals surface area contributed by atoms with Gasteiger partial charge >= 0.3 is 5.69 Å². The molecule has 42 heavy (non-hydrogen) atoms. The number of aromatic amines is 1. The topological polar surface area (TPSA) is 248 Å². The Kier molecular flexibility index (Phi) is 18.9. The molecular formula is C28H46N4O9S. The normalized spacial score (nSPS) is 10.5. The molecule has 3 rings (SSSR count). The van der Waals surface area contributed by atoms with Crippen LogP contribution in [0.2, 0.25) is 0 Å². The van der Waals surface area contributed by atoms with Gasteiger partial charge in [0.1, 0.15) is 5.75 Å². The number of hydrogen-bond donors (Lipinski definition) is 3. The summed E-state index contributed by atoms with van der Waals surface area (Å²) in [5.74, 6) is 0.637. The molecule has 0 saturated carbocycles. The highest BCUT2D eigenvalue weighted by Gasteiger charge is 2.23. The summed E-state index contributed by atoms with van der Waals surface area (Å²) in [4.78, 5) is 27.3. The molecule has 0 radical (unpaired) electrons. The number of methoxy groups -OCH3 is 1. The van der Waals surface area contributed by atoms with Gasteiger partial charge in [-0.05, 0) is 48.3 Å². The van der Waals surface area contributed by atoms with Crippen molar-refractivity contribution in [1.29, 1.82) is 0 Å². The Morgan fingerprint density at radius 2 is 1.50 bits per heavy atom. The van der Waals surface area contributed by atoms with Gasteiger partial charge in [-0.25, -0.2) is 17.8 Å². The van der Waals surface area contributed by atoms with Gasteiger partial charge in [-0.2, -0.15) is 0 Å². The van der Waals surface area contributed by atoms with E-state index in [-0.39, 0.29) is 27.3 Å². The lowest BCUT2D eigenvalue weighted by Gasteiger charge is -2.24. The highest BCUT2D eigenvalue weighted by atomic mass is 32.2. The highest BCUT2D eigenvalue weighted by Crippen LogP contribution is 2.36. The summed E-state index contributed by atoms with van der Waals surface area (Å²) >= 11 is 0. The molecule has 0 amide bonds. The molecule has 0 atom stereocenters. The molecule has 14 heteroatoms. The molecule has 3 aromatic rings. The second kappa shape index (κ2) is 18.6. The Morgan fingerprint density at radius 1 is 0.929 bits per heavy atom. The summed E-state index contributed by atoms with van der Waals surface area (Å²) in [6.07, 6.45) is 6.09. The third kappa shape index (κ3) is 12.4. The van der Waals surface area contributed by atoms with E-state index >= 15 is 0 Å². The molecule has 0 spiro atoms. The molecule has 0 saturated heterocycles. The van der Waals surface area contributed by atoms with Crippen molar-refractivity contribution in [1.82, 2.24) is 14.9 Å². The molecule has 0 aliphatic carbocycles. The Balaban J connectivity index is -0.00000156. The van der Waals surface area contributed by atoms with Gasteiger partial charge in [-0.3, -0.25) is 9.52 Å². The number of H-pyrrole nitrogens is 1. The first-order valence-corrected chi connectivity index (χ1v) is 14.2. The summed E-state index contributed by atoms with van der Waals surface area (Å²) in [5.41, 5.74) is 1.96. The number of hydrogen-bond acceptors (Lipinski definition) is 6. The first-order chi connectivity index (χ1) is 17.8. The number of benzene rings is 2. The molecule has 0 aliphatic heterocycles. The third-order valence-electron chi connectivity index (χ3n) is 5.40. The molecule has 0 unspecified atom stereocenters. The maximum atomic E-state index is 12.4. The van der Waals surface area contributed by atoms with E-state index in [4.69, 9.17) is 4.74 Å². The van der Waals surface area contributed by atoms with Gasteiger partial charge in [0, 0.05) is 29.1 Å². The van der Waals surface area contributed by atoms with Crippen molar-refractivity contribution in [2.75, 3.05) is 31.2 Å². The maximum absolute atomic E-state index is 12.4. The monoisotopic (exact) mass is 614 g/mol. The van der Waals surface area contributed by atoms with Crippen LogP contribution in [0.3, 0.4) is 0 Å². The van der Waals surface area contributed by atoms with E-state index in [9.17, 15) is 18.0 Å². The SMILES string of the molecule is CCNCC.COc1c(/C=C/c2ccc(NS(C)(=O)=O)cc2)cc(-n2c(=O)cc[nH]c2=O)cc1C(C)(C)C.O.O.O.O. The van der Waals surface area contributed by atoms with Gasteiger partial charge in [-0.1, -0.05) is 58.9 Å². The highest BCUT2D eigenvalue weighted by molar-refractivity contribution is 7.92. The molecule has 2 aromatic carbocycles. The fraction of sp³-hybridized carbons (Fsp3) is 0.357. The molecule has 0 aliphatic rings. The minimum Gasteiger partial charge on any atom is -0.496 e. The standard InChI is InChI=1S/C24H27N3O5S.C4H11N.4H2O/c1-24(2,3)20-15-19(27-21(28)12-13-25-23(27)29)14-17(22(20)32-4)9-6-16-7-10-18(11-8-16)26-33(5,30)31;1-3-5-4-2;;;;/h6-15,26H,1-5H3,(H,25,29);5H,3-4H2,1-2H3;4*1H2/b9-6+;;;;;. The van der Waals surface area contributed by atoms with Crippen LogP contribution in [0.15, 0.2) is 58.3 Å². The van der Waals surface area contributed by atoms with Crippen molar-refractivity contribution < 1.29 is 35.1 Å². The Labute approximate surface area is 246 Å². The summed E-state index contributed by atoms with van der Waals surface area (Å²) in [6.45, 7) is 12.5. The average molecular weight is 615 g/mol. The van der Waals surface area contributed by atoms with Crippen LogP contribution in [-0.2, 0) is 15.4 Å². The first-order valence-electron chi connectivity index (χ1n) is 12.3. The van der Waals surface area contributed by atoms with Gasteiger partial charge in [0.05, 0.1) is 19.1 Å². The third-order valence-corrected chi connectivity index (χ3v) is 6.00.